The summed E-state index contributed by atoms with van der Waals surface area (Å²) < 4.78 is 5.74. The molecule has 112 valence electrons. The number of carbonyl (C=O) groups is 1. The van der Waals surface area contributed by atoms with Crippen molar-refractivity contribution in [3.63, 3.8) is 0 Å². The van der Waals surface area contributed by atoms with Crippen LogP contribution in [0.1, 0.15) is 20.8 Å². The second-order valence-electron chi connectivity index (χ2n) is 4.92. The molecule has 23 heavy (non-hydrogen) atoms. The van der Waals surface area contributed by atoms with Gasteiger partial charge in [-0.15, -0.1) is 11.3 Å². The molecule has 0 atom stereocenters. The van der Waals surface area contributed by atoms with Gasteiger partial charge in [-0.3, -0.25) is 4.79 Å². The molecule has 1 aromatic heterocycles. The van der Waals surface area contributed by atoms with Gasteiger partial charge in [-0.25, -0.2) is 0 Å². The molecular formula is C19H13NO2S. The third kappa shape index (κ3) is 3.47. The first kappa shape index (κ1) is 15.0. The molecule has 4 heteroatoms. The van der Waals surface area contributed by atoms with Crippen LogP contribution in [0.15, 0.2) is 60.7 Å². The number of carbonyl (C=O) groups excluding carboxylic acids is 1. The predicted octanol–water partition coefficient (Wildman–Crippen LogP) is 4.68. The Kier molecular flexibility index (Phi) is 4.51. The molecule has 1 heterocycles. The number of benzene rings is 2. The van der Waals surface area contributed by atoms with Crippen LogP contribution in [0, 0.1) is 11.3 Å². The molecule has 2 aromatic carbocycles. The summed E-state index contributed by atoms with van der Waals surface area (Å²) >= 11 is 1.37. The number of thiophene rings is 1. The van der Waals surface area contributed by atoms with Crippen LogP contribution in [0.4, 0.5) is 0 Å². The molecule has 0 aliphatic heterocycles. The number of rotatable bonds is 5. The Labute approximate surface area is 138 Å². The van der Waals surface area contributed by atoms with Crippen molar-refractivity contribution in [1.82, 2.24) is 0 Å². The van der Waals surface area contributed by atoms with Gasteiger partial charge in [0.2, 0.25) is 0 Å². The van der Waals surface area contributed by atoms with Crippen LogP contribution in [0.3, 0.4) is 0 Å². The first-order valence-corrected chi connectivity index (χ1v) is 7.88. The average Bonchev–Trinajstić information content (AvgIpc) is 3.09. The highest BCUT2D eigenvalue weighted by Crippen LogP contribution is 2.32. The van der Waals surface area contributed by atoms with Crippen molar-refractivity contribution in [3.8, 4) is 22.3 Å². The van der Waals surface area contributed by atoms with Crippen LogP contribution in [0.5, 0.6) is 5.75 Å². The molecule has 0 spiro atoms. The van der Waals surface area contributed by atoms with Gasteiger partial charge in [0, 0.05) is 16.0 Å². The maximum absolute atomic E-state index is 11.4. The minimum Gasteiger partial charge on any atom is -0.489 e. The van der Waals surface area contributed by atoms with E-state index in [-0.39, 0.29) is 0 Å². The number of nitrogens with zero attached hydrogens (tertiary/aromatic N) is 1. The fourth-order valence-corrected chi connectivity index (χ4v) is 3.09. The van der Waals surface area contributed by atoms with Gasteiger partial charge in [0.05, 0.1) is 0 Å². The lowest BCUT2D eigenvalue weighted by Gasteiger charge is -2.09. The monoisotopic (exact) mass is 319 g/mol. The van der Waals surface area contributed by atoms with Gasteiger partial charge < -0.3 is 4.74 Å². The summed E-state index contributed by atoms with van der Waals surface area (Å²) in [6.45, 7) is 0.454. The Morgan fingerprint density at radius 1 is 1.09 bits per heavy atom. The van der Waals surface area contributed by atoms with Gasteiger partial charge in [0.1, 0.15) is 23.3 Å². The van der Waals surface area contributed by atoms with E-state index in [2.05, 4.69) is 6.07 Å². The summed E-state index contributed by atoms with van der Waals surface area (Å²) in [7, 11) is 0. The van der Waals surface area contributed by atoms with Gasteiger partial charge in [-0.2, -0.15) is 5.26 Å². The van der Waals surface area contributed by atoms with Crippen molar-refractivity contribution < 1.29 is 9.53 Å². The molecule has 0 amide bonds. The van der Waals surface area contributed by atoms with E-state index in [1.807, 2.05) is 48.5 Å². The molecule has 0 unspecified atom stereocenters. The minimum atomic E-state index is 0.454. The van der Waals surface area contributed by atoms with Crippen molar-refractivity contribution >= 4 is 17.6 Å². The Morgan fingerprint density at radius 3 is 2.61 bits per heavy atom. The first-order chi connectivity index (χ1) is 11.3. The normalized spacial score (nSPS) is 10.0. The summed E-state index contributed by atoms with van der Waals surface area (Å²) in [5, 5.41) is 8.92. The number of hydrogen-bond acceptors (Lipinski definition) is 4. The van der Waals surface area contributed by atoms with Crippen molar-refractivity contribution in [3.05, 3.63) is 76.7 Å². The van der Waals surface area contributed by atoms with E-state index in [0.29, 0.717) is 22.8 Å². The van der Waals surface area contributed by atoms with Crippen molar-refractivity contribution in [2.45, 2.75) is 6.61 Å². The second-order valence-corrected chi connectivity index (χ2v) is 6.00. The highest BCUT2D eigenvalue weighted by molar-refractivity contribution is 7.16. The molecule has 3 nitrogen and oxygen atoms in total. The number of ether oxygens (including phenoxy) is 1. The molecule has 0 fully saturated rings. The molecule has 0 radical (unpaired) electrons. The molecule has 3 aromatic rings. The largest absolute Gasteiger partial charge is 0.489 e. The van der Waals surface area contributed by atoms with Crippen LogP contribution in [-0.4, -0.2) is 6.29 Å². The lowest BCUT2D eigenvalue weighted by molar-refractivity contribution is 0.112. The van der Waals surface area contributed by atoms with Crippen LogP contribution < -0.4 is 4.74 Å². The SMILES string of the molecule is N#Cc1ccc(-c2ccc(OCc3ccccc3)cc2C=O)s1. The summed E-state index contributed by atoms with van der Waals surface area (Å²) in [5.74, 6) is 0.650. The zero-order chi connectivity index (χ0) is 16.1. The van der Waals surface area contributed by atoms with E-state index < -0.39 is 0 Å². The third-order valence-electron chi connectivity index (χ3n) is 3.38. The highest BCUT2D eigenvalue weighted by Gasteiger charge is 2.09. The first-order valence-electron chi connectivity index (χ1n) is 7.06. The van der Waals surface area contributed by atoms with Crippen LogP contribution in [-0.2, 0) is 6.61 Å². The Balaban J connectivity index is 1.82. The Hall–Kier alpha value is -2.90. The predicted molar refractivity (Wildman–Crippen MR) is 90.6 cm³/mol. The molecule has 0 bridgehead atoms. The Bertz CT molecular complexity index is 863. The van der Waals surface area contributed by atoms with Crippen LogP contribution >= 0.6 is 11.3 Å². The molecule has 0 aliphatic carbocycles. The van der Waals surface area contributed by atoms with E-state index >= 15 is 0 Å². The maximum Gasteiger partial charge on any atom is 0.150 e. The zero-order valence-electron chi connectivity index (χ0n) is 12.2. The summed E-state index contributed by atoms with van der Waals surface area (Å²) in [5.41, 5.74) is 2.45. The fourth-order valence-electron chi connectivity index (χ4n) is 2.24. The van der Waals surface area contributed by atoms with Crippen LogP contribution in [0.2, 0.25) is 0 Å². The van der Waals surface area contributed by atoms with Crippen LogP contribution in [0.25, 0.3) is 10.4 Å². The van der Waals surface area contributed by atoms with E-state index in [9.17, 15) is 4.79 Å². The summed E-state index contributed by atoms with van der Waals surface area (Å²) in [4.78, 5) is 12.9. The van der Waals surface area contributed by atoms with Gasteiger partial charge >= 0.3 is 0 Å². The fraction of sp³-hybridized carbons (Fsp3) is 0.0526. The second kappa shape index (κ2) is 6.91. The summed E-state index contributed by atoms with van der Waals surface area (Å²) in [6.07, 6.45) is 0.816. The van der Waals surface area contributed by atoms with Gasteiger partial charge in [-0.1, -0.05) is 30.3 Å². The van der Waals surface area contributed by atoms with E-state index in [0.717, 1.165) is 22.3 Å². The van der Waals surface area contributed by atoms with Gasteiger partial charge in [0.25, 0.3) is 0 Å². The lowest BCUT2D eigenvalue weighted by atomic mass is 10.1. The van der Waals surface area contributed by atoms with E-state index in [1.165, 1.54) is 11.3 Å². The highest BCUT2D eigenvalue weighted by atomic mass is 32.1. The zero-order valence-corrected chi connectivity index (χ0v) is 13.0. The average molecular weight is 319 g/mol. The molecule has 3 rings (SSSR count). The van der Waals surface area contributed by atoms with E-state index in [1.54, 1.807) is 12.1 Å². The Morgan fingerprint density at radius 2 is 1.91 bits per heavy atom. The lowest BCUT2D eigenvalue weighted by Crippen LogP contribution is -1.96. The molecule has 0 saturated carbocycles. The summed E-state index contributed by atoms with van der Waals surface area (Å²) in [6, 6.07) is 21.0. The maximum atomic E-state index is 11.4. The smallest absolute Gasteiger partial charge is 0.150 e. The van der Waals surface area contributed by atoms with Gasteiger partial charge in [0.15, 0.2) is 6.29 Å². The van der Waals surface area contributed by atoms with Gasteiger partial charge in [-0.05, 0) is 35.9 Å². The van der Waals surface area contributed by atoms with Crippen molar-refractivity contribution in [2.75, 3.05) is 0 Å². The minimum absolute atomic E-state index is 0.454. The number of nitriles is 1. The molecule has 0 aliphatic rings. The number of hydrogen-bond donors (Lipinski definition) is 0. The standard InChI is InChI=1S/C19H13NO2S/c20-11-17-7-9-19(23-17)18-8-6-16(10-15(18)12-21)22-13-14-4-2-1-3-5-14/h1-10,12H,13H2. The van der Waals surface area contributed by atoms with E-state index in [4.69, 9.17) is 10.00 Å². The molecular weight excluding hydrogens is 306 g/mol. The quantitative estimate of drug-likeness (QED) is 0.642. The number of aldehydes is 1. The third-order valence-corrected chi connectivity index (χ3v) is 4.40. The van der Waals surface area contributed by atoms with Crippen molar-refractivity contribution in [1.29, 1.82) is 5.26 Å². The molecule has 0 saturated heterocycles. The topological polar surface area (TPSA) is 50.1 Å². The van der Waals surface area contributed by atoms with Crippen molar-refractivity contribution in [2.24, 2.45) is 0 Å². The molecule has 0 N–H and O–H groups in total.